The molecule has 8 aromatic carbocycles. The van der Waals surface area contributed by atoms with Gasteiger partial charge in [-0.15, -0.1) is 0 Å². The second kappa shape index (κ2) is 14.0. The van der Waals surface area contributed by atoms with Gasteiger partial charge in [-0.2, -0.15) is 0 Å². The number of H-pyrrole nitrogens is 1. The fourth-order valence-electron chi connectivity index (χ4n) is 10.5. The van der Waals surface area contributed by atoms with Gasteiger partial charge in [0.05, 0.1) is 11.0 Å². The molecule has 0 amide bonds. The molecule has 5 N–H and O–H groups in total. The lowest BCUT2D eigenvalue weighted by Gasteiger charge is -2.32. The lowest BCUT2D eigenvalue weighted by molar-refractivity contribution is 0.617. The number of hydrogen-bond donors (Lipinski definition) is 3. The minimum atomic E-state index is 0.284. The zero-order chi connectivity index (χ0) is 41.6. The molecule has 3 atom stereocenters. The molecule has 2 heterocycles. The number of rotatable bonds is 5. The number of allylic oxidation sites excluding steroid dienone is 4. The Morgan fingerprint density at radius 1 is 0.468 bits per heavy atom. The van der Waals surface area contributed by atoms with E-state index < -0.39 is 0 Å². The average Bonchev–Trinajstić information content (AvgIpc) is 3.85. The summed E-state index contributed by atoms with van der Waals surface area (Å²) in [5.41, 5.74) is 34.3. The van der Waals surface area contributed by atoms with E-state index in [1.54, 1.807) is 0 Å². The number of anilines is 2. The average molecular weight is 799 g/mol. The van der Waals surface area contributed by atoms with Crippen molar-refractivity contribution in [3.8, 4) is 50.2 Å². The van der Waals surface area contributed by atoms with E-state index in [-0.39, 0.29) is 5.92 Å². The predicted molar refractivity (Wildman–Crippen MR) is 263 cm³/mol. The number of nitrogens with two attached hydrogens (primary N) is 2. The predicted octanol–water partition coefficient (Wildman–Crippen LogP) is 15.1. The number of nitrogens with one attached hydrogen (secondary N) is 1. The number of nitrogens with zero attached hydrogens (tertiary/aromatic N) is 1. The maximum absolute atomic E-state index is 6.81. The third kappa shape index (κ3) is 5.67. The molecule has 0 spiro atoms. The van der Waals surface area contributed by atoms with Gasteiger partial charge in [0.2, 0.25) is 0 Å². The maximum Gasteiger partial charge on any atom is 0.0547 e. The molecule has 298 valence electrons. The Hall–Kier alpha value is -7.56. The molecule has 12 rings (SSSR count). The topological polar surface area (TPSA) is 72.8 Å². The summed E-state index contributed by atoms with van der Waals surface area (Å²) in [6.07, 6.45) is 9.70. The number of aromatic amines is 1. The van der Waals surface area contributed by atoms with Gasteiger partial charge in [0.25, 0.3) is 0 Å². The SMILES string of the molecule is CC1c2cc(-c3cc(-c4ccc5[nH]c6ccccc6c5c4)ccc3N)ccc2-c2cc3c(cc2C1C)c1cc(-c2ccc(N)c(C4C=CC=CC4)c2)ccc1n3-c1ccccc1. The highest BCUT2D eigenvalue weighted by atomic mass is 15.0. The minimum absolute atomic E-state index is 0.284. The number of hydrogen-bond acceptors (Lipinski definition) is 2. The molecule has 10 aromatic rings. The van der Waals surface area contributed by atoms with Gasteiger partial charge in [0, 0.05) is 61.1 Å². The molecule has 4 nitrogen and oxygen atoms in total. The number of para-hydroxylation sites is 2. The molecule has 0 aliphatic heterocycles. The lowest BCUT2D eigenvalue weighted by Crippen LogP contribution is -2.13. The lowest BCUT2D eigenvalue weighted by atomic mass is 9.72. The van der Waals surface area contributed by atoms with Crippen LogP contribution >= 0.6 is 0 Å². The van der Waals surface area contributed by atoms with Crippen LogP contribution in [0.5, 0.6) is 0 Å². The van der Waals surface area contributed by atoms with Crippen molar-refractivity contribution in [3.63, 3.8) is 0 Å². The first kappa shape index (κ1) is 36.3. The second-order valence-electron chi connectivity index (χ2n) is 17.5. The highest BCUT2D eigenvalue weighted by molar-refractivity contribution is 6.12. The monoisotopic (exact) mass is 798 g/mol. The number of nitrogen functional groups attached to an aromatic ring is 2. The summed E-state index contributed by atoms with van der Waals surface area (Å²) >= 11 is 0. The Labute approximate surface area is 361 Å². The summed E-state index contributed by atoms with van der Waals surface area (Å²) in [7, 11) is 0. The summed E-state index contributed by atoms with van der Waals surface area (Å²) in [4.78, 5) is 3.57. The zero-order valence-electron chi connectivity index (χ0n) is 34.9. The van der Waals surface area contributed by atoms with Crippen LogP contribution in [0.1, 0.15) is 54.7 Å². The summed E-state index contributed by atoms with van der Waals surface area (Å²) in [6.45, 7) is 4.78. The van der Waals surface area contributed by atoms with Crippen LogP contribution < -0.4 is 11.5 Å². The number of benzene rings is 8. The van der Waals surface area contributed by atoms with Crippen molar-refractivity contribution in [2.45, 2.75) is 38.0 Å². The summed E-state index contributed by atoms with van der Waals surface area (Å²) in [5.74, 6) is 0.893. The molecule has 0 saturated carbocycles. The van der Waals surface area contributed by atoms with Crippen LogP contribution in [0.15, 0.2) is 182 Å². The standard InChI is InChI=1S/C58H46N4/c1-34-35(2)46-32-52-51-30-40(37-18-23-53(59)47(27-37)36-11-5-3-6-12-36)21-26-57(51)62(42-13-7-4-8-14-42)58(52)33-49(46)43-22-17-41(31-45(34)43)48-28-38(19-24-54(48)60)39-20-25-56-50(29-39)44-15-9-10-16-55(44)61-56/h3-11,13-36,61H,12,59-60H2,1-2H3. The van der Waals surface area contributed by atoms with Gasteiger partial charge in [-0.1, -0.05) is 117 Å². The molecular weight excluding hydrogens is 753 g/mol. The summed E-state index contributed by atoms with van der Waals surface area (Å²) < 4.78 is 2.44. The van der Waals surface area contributed by atoms with Crippen molar-refractivity contribution in [1.82, 2.24) is 9.55 Å². The molecule has 2 aliphatic rings. The quantitative estimate of drug-likeness (QED) is 0.152. The van der Waals surface area contributed by atoms with Crippen LogP contribution in [0, 0.1) is 0 Å². The van der Waals surface area contributed by atoms with E-state index in [0.29, 0.717) is 11.8 Å². The smallest absolute Gasteiger partial charge is 0.0547 e. The fourth-order valence-corrected chi connectivity index (χ4v) is 10.5. The Balaban J connectivity index is 0.984. The Morgan fingerprint density at radius 2 is 1.11 bits per heavy atom. The molecule has 4 heteroatoms. The van der Waals surface area contributed by atoms with Gasteiger partial charge < -0.3 is 21.0 Å². The molecule has 3 unspecified atom stereocenters. The first-order valence-corrected chi connectivity index (χ1v) is 21.8. The van der Waals surface area contributed by atoms with Crippen molar-refractivity contribution < 1.29 is 0 Å². The Bertz CT molecular complexity index is 3510. The highest BCUT2D eigenvalue weighted by Crippen LogP contribution is 2.51. The van der Waals surface area contributed by atoms with Crippen molar-refractivity contribution in [2.75, 3.05) is 11.5 Å². The van der Waals surface area contributed by atoms with E-state index in [2.05, 4.69) is 205 Å². The third-order valence-electron chi connectivity index (χ3n) is 14.0. The van der Waals surface area contributed by atoms with E-state index in [9.17, 15) is 0 Å². The first-order valence-electron chi connectivity index (χ1n) is 21.8. The number of fused-ring (bicyclic) bond motifs is 9. The van der Waals surface area contributed by atoms with Crippen LogP contribution in [-0.4, -0.2) is 9.55 Å². The highest BCUT2D eigenvalue weighted by Gasteiger charge is 2.30. The van der Waals surface area contributed by atoms with E-state index in [0.717, 1.165) is 51.2 Å². The van der Waals surface area contributed by atoms with Crippen LogP contribution in [0.25, 0.3) is 93.8 Å². The van der Waals surface area contributed by atoms with Crippen molar-refractivity contribution in [3.05, 3.63) is 199 Å². The molecule has 2 aliphatic carbocycles. The van der Waals surface area contributed by atoms with Crippen LogP contribution in [0.4, 0.5) is 11.4 Å². The normalized spacial score (nSPS) is 17.0. The van der Waals surface area contributed by atoms with Gasteiger partial charge in [-0.3, -0.25) is 0 Å². The van der Waals surface area contributed by atoms with Crippen molar-refractivity contribution in [2.24, 2.45) is 0 Å². The third-order valence-corrected chi connectivity index (χ3v) is 14.0. The molecule has 0 fully saturated rings. The minimum Gasteiger partial charge on any atom is -0.398 e. The van der Waals surface area contributed by atoms with Gasteiger partial charge in [0.15, 0.2) is 0 Å². The second-order valence-corrected chi connectivity index (χ2v) is 17.5. The molecule has 2 aromatic heterocycles. The molecule has 0 saturated heterocycles. The summed E-state index contributed by atoms with van der Waals surface area (Å²) in [6, 6.07) is 57.9. The van der Waals surface area contributed by atoms with Crippen LogP contribution in [-0.2, 0) is 0 Å². The zero-order valence-corrected chi connectivity index (χ0v) is 34.9. The molecule has 62 heavy (non-hydrogen) atoms. The van der Waals surface area contributed by atoms with Crippen LogP contribution in [0.3, 0.4) is 0 Å². The van der Waals surface area contributed by atoms with E-state index in [1.165, 1.54) is 77.1 Å². The van der Waals surface area contributed by atoms with Crippen molar-refractivity contribution in [1.29, 1.82) is 0 Å². The number of aromatic nitrogens is 2. The van der Waals surface area contributed by atoms with E-state index in [1.807, 2.05) is 0 Å². The first-order chi connectivity index (χ1) is 30.4. The van der Waals surface area contributed by atoms with Crippen LogP contribution in [0.2, 0.25) is 0 Å². The maximum atomic E-state index is 6.81. The van der Waals surface area contributed by atoms with Gasteiger partial charge in [0.1, 0.15) is 0 Å². The largest absolute Gasteiger partial charge is 0.398 e. The fraction of sp³-hybridized carbons (Fsp3) is 0.103. The summed E-state index contributed by atoms with van der Waals surface area (Å²) in [5, 5.41) is 4.99. The molecular formula is C58H46N4. The van der Waals surface area contributed by atoms with E-state index >= 15 is 0 Å². The molecule has 0 radical (unpaired) electrons. The Kier molecular flexibility index (Phi) is 8.20. The van der Waals surface area contributed by atoms with Gasteiger partial charge in [-0.05, 0) is 153 Å². The Morgan fingerprint density at radius 3 is 1.94 bits per heavy atom. The van der Waals surface area contributed by atoms with E-state index in [4.69, 9.17) is 11.5 Å². The van der Waals surface area contributed by atoms with Gasteiger partial charge >= 0.3 is 0 Å². The van der Waals surface area contributed by atoms with Crippen molar-refractivity contribution >= 4 is 55.0 Å². The van der Waals surface area contributed by atoms with Gasteiger partial charge in [-0.25, -0.2) is 0 Å². The molecule has 0 bridgehead atoms.